The fraction of sp³-hybridized carbons (Fsp3) is 0.588. The summed E-state index contributed by atoms with van der Waals surface area (Å²) in [4.78, 5) is 16.2. The van der Waals surface area contributed by atoms with Crippen LogP contribution in [0.15, 0.2) is 24.3 Å². The van der Waals surface area contributed by atoms with Crippen LogP contribution in [-0.2, 0) is 9.53 Å². The van der Waals surface area contributed by atoms with E-state index in [1.54, 1.807) is 17.0 Å². The quantitative estimate of drug-likeness (QED) is 0.824. The van der Waals surface area contributed by atoms with Crippen molar-refractivity contribution in [2.45, 2.75) is 19.4 Å². The first-order valence-corrected chi connectivity index (χ1v) is 8.12. The second-order valence-electron chi connectivity index (χ2n) is 5.75. The Kier molecular flexibility index (Phi) is 6.95. The Balaban J connectivity index is 1.94. The van der Waals surface area contributed by atoms with Crippen molar-refractivity contribution >= 4 is 5.91 Å². The van der Waals surface area contributed by atoms with Crippen LogP contribution in [0.3, 0.4) is 0 Å². The molecule has 0 spiro atoms. The molecule has 128 valence electrons. The van der Waals surface area contributed by atoms with E-state index in [9.17, 15) is 9.18 Å². The molecule has 0 bridgehead atoms. The number of carbonyl (C=O) groups excluding carboxylic acids is 1. The molecule has 0 aromatic heterocycles. The zero-order valence-corrected chi connectivity index (χ0v) is 13.6. The molecule has 1 fully saturated rings. The maximum absolute atomic E-state index is 13.0. The lowest BCUT2D eigenvalue weighted by molar-refractivity contribution is -0.140. The van der Waals surface area contributed by atoms with E-state index in [-0.39, 0.29) is 24.4 Å². The van der Waals surface area contributed by atoms with Gasteiger partial charge in [0.15, 0.2) is 0 Å². The number of hydrogen-bond acceptors (Lipinski definition) is 4. The Morgan fingerprint density at radius 2 is 2.13 bits per heavy atom. The van der Waals surface area contributed by atoms with Crippen LogP contribution in [-0.4, -0.2) is 66.8 Å². The summed E-state index contributed by atoms with van der Waals surface area (Å²) >= 11 is 0. The van der Waals surface area contributed by atoms with Crippen molar-refractivity contribution < 1.29 is 19.0 Å². The van der Waals surface area contributed by atoms with Gasteiger partial charge in [-0.2, -0.15) is 0 Å². The summed E-state index contributed by atoms with van der Waals surface area (Å²) in [6.45, 7) is 5.22. The minimum absolute atomic E-state index is 0.0438. The number of aliphatic hydroxyl groups excluding tert-OH is 1. The van der Waals surface area contributed by atoms with E-state index in [1.807, 2.05) is 11.8 Å². The van der Waals surface area contributed by atoms with Crippen LogP contribution in [0.2, 0.25) is 0 Å². The molecule has 5 nitrogen and oxygen atoms in total. The maximum Gasteiger partial charge on any atom is 0.236 e. The van der Waals surface area contributed by atoms with E-state index >= 15 is 0 Å². The van der Waals surface area contributed by atoms with E-state index in [1.165, 1.54) is 12.1 Å². The molecule has 1 saturated heterocycles. The van der Waals surface area contributed by atoms with Gasteiger partial charge in [-0.1, -0.05) is 19.1 Å². The van der Waals surface area contributed by atoms with E-state index in [2.05, 4.69) is 0 Å². The van der Waals surface area contributed by atoms with Gasteiger partial charge < -0.3 is 14.7 Å². The lowest BCUT2D eigenvalue weighted by Crippen LogP contribution is -2.47. The maximum atomic E-state index is 13.0. The largest absolute Gasteiger partial charge is 0.395 e. The molecule has 1 amide bonds. The average molecular weight is 324 g/mol. The number of amides is 1. The van der Waals surface area contributed by atoms with Crippen LogP contribution in [0.5, 0.6) is 0 Å². The first-order chi connectivity index (χ1) is 11.1. The SMILES string of the molecule is CCCN(CCO)CC(=O)N1CCOC(c2ccc(F)cc2)C1. The molecule has 1 aliphatic heterocycles. The number of benzene rings is 1. The molecule has 1 aromatic rings. The van der Waals surface area contributed by atoms with Crippen molar-refractivity contribution in [3.8, 4) is 0 Å². The number of nitrogens with zero attached hydrogens (tertiary/aromatic N) is 2. The Bertz CT molecular complexity index is 489. The summed E-state index contributed by atoms with van der Waals surface area (Å²) in [6.07, 6.45) is 0.722. The van der Waals surface area contributed by atoms with Crippen LogP contribution in [0.4, 0.5) is 4.39 Å². The predicted molar refractivity (Wildman–Crippen MR) is 85.5 cm³/mol. The molecule has 2 rings (SSSR count). The predicted octanol–water partition coefficient (Wildman–Crippen LogP) is 1.43. The van der Waals surface area contributed by atoms with Crippen molar-refractivity contribution in [3.63, 3.8) is 0 Å². The zero-order valence-electron chi connectivity index (χ0n) is 13.6. The highest BCUT2D eigenvalue weighted by atomic mass is 19.1. The third kappa shape index (κ3) is 5.27. The second-order valence-corrected chi connectivity index (χ2v) is 5.75. The van der Waals surface area contributed by atoms with E-state index in [0.717, 1.165) is 18.5 Å². The molecule has 1 aromatic carbocycles. The Hall–Kier alpha value is -1.50. The fourth-order valence-corrected chi connectivity index (χ4v) is 2.77. The monoisotopic (exact) mass is 324 g/mol. The number of ether oxygens (including phenoxy) is 1. The highest BCUT2D eigenvalue weighted by molar-refractivity contribution is 5.78. The van der Waals surface area contributed by atoms with Gasteiger partial charge in [-0.25, -0.2) is 4.39 Å². The van der Waals surface area contributed by atoms with Gasteiger partial charge in [-0.15, -0.1) is 0 Å². The second kappa shape index (κ2) is 8.96. The topological polar surface area (TPSA) is 53.0 Å². The van der Waals surface area contributed by atoms with E-state index < -0.39 is 0 Å². The van der Waals surface area contributed by atoms with Crippen LogP contribution < -0.4 is 0 Å². The van der Waals surface area contributed by atoms with Crippen LogP contribution >= 0.6 is 0 Å². The van der Waals surface area contributed by atoms with E-state index in [0.29, 0.717) is 32.8 Å². The van der Waals surface area contributed by atoms with Crippen molar-refractivity contribution in [1.82, 2.24) is 9.80 Å². The number of hydrogen-bond donors (Lipinski definition) is 1. The molecule has 1 heterocycles. The summed E-state index contributed by atoms with van der Waals surface area (Å²) in [6, 6.07) is 6.21. The van der Waals surface area contributed by atoms with Crippen LogP contribution in [0.1, 0.15) is 25.0 Å². The third-order valence-corrected chi connectivity index (χ3v) is 3.98. The zero-order chi connectivity index (χ0) is 16.7. The van der Waals surface area contributed by atoms with Crippen LogP contribution in [0.25, 0.3) is 0 Å². The average Bonchev–Trinajstić information content (AvgIpc) is 2.56. The highest BCUT2D eigenvalue weighted by Crippen LogP contribution is 2.22. The molecule has 1 atom stereocenters. The number of rotatable bonds is 7. The van der Waals surface area contributed by atoms with Gasteiger partial charge in [0.2, 0.25) is 5.91 Å². The van der Waals surface area contributed by atoms with Crippen molar-refractivity contribution in [2.24, 2.45) is 0 Å². The molecule has 23 heavy (non-hydrogen) atoms. The molecular formula is C17H25FN2O3. The van der Waals surface area contributed by atoms with Gasteiger partial charge in [0.05, 0.1) is 26.3 Å². The van der Waals surface area contributed by atoms with Crippen molar-refractivity contribution in [3.05, 3.63) is 35.6 Å². The smallest absolute Gasteiger partial charge is 0.236 e. The lowest BCUT2D eigenvalue weighted by Gasteiger charge is -2.34. The first-order valence-electron chi connectivity index (χ1n) is 8.12. The van der Waals surface area contributed by atoms with Crippen molar-refractivity contribution in [2.75, 3.05) is 45.9 Å². The molecule has 0 radical (unpaired) electrons. The molecule has 1 N–H and O–H groups in total. The van der Waals surface area contributed by atoms with Crippen molar-refractivity contribution in [1.29, 1.82) is 0 Å². The van der Waals surface area contributed by atoms with Gasteiger partial charge in [0.1, 0.15) is 11.9 Å². The van der Waals surface area contributed by atoms with E-state index in [4.69, 9.17) is 9.84 Å². The Morgan fingerprint density at radius 3 is 2.78 bits per heavy atom. The Morgan fingerprint density at radius 1 is 1.39 bits per heavy atom. The molecular weight excluding hydrogens is 299 g/mol. The fourth-order valence-electron chi connectivity index (χ4n) is 2.77. The first kappa shape index (κ1) is 17.8. The minimum Gasteiger partial charge on any atom is -0.395 e. The van der Waals surface area contributed by atoms with Gasteiger partial charge >= 0.3 is 0 Å². The van der Waals surface area contributed by atoms with Gasteiger partial charge in [0.25, 0.3) is 0 Å². The summed E-state index contributed by atoms with van der Waals surface area (Å²) in [7, 11) is 0. The minimum atomic E-state index is -0.281. The highest BCUT2D eigenvalue weighted by Gasteiger charge is 2.26. The van der Waals surface area contributed by atoms with Crippen LogP contribution in [0, 0.1) is 5.82 Å². The molecule has 0 aliphatic carbocycles. The standard InChI is InChI=1S/C17H25FN2O3/c1-2-7-19(8-10-21)13-17(22)20-9-11-23-16(12-20)14-3-5-15(18)6-4-14/h3-6,16,21H,2,7-13H2,1H3. The molecule has 1 unspecified atom stereocenters. The number of halogens is 1. The lowest BCUT2D eigenvalue weighted by atomic mass is 10.1. The summed E-state index contributed by atoms with van der Waals surface area (Å²) < 4.78 is 18.7. The molecule has 1 aliphatic rings. The summed E-state index contributed by atoms with van der Waals surface area (Å²) in [5.74, 6) is -0.237. The van der Waals surface area contributed by atoms with Gasteiger partial charge in [-0.3, -0.25) is 9.69 Å². The third-order valence-electron chi connectivity index (χ3n) is 3.98. The van der Waals surface area contributed by atoms with Gasteiger partial charge in [0, 0.05) is 13.1 Å². The summed E-state index contributed by atoms with van der Waals surface area (Å²) in [5, 5.41) is 9.08. The molecule has 6 heteroatoms. The summed E-state index contributed by atoms with van der Waals surface area (Å²) in [5.41, 5.74) is 0.879. The number of morpholine rings is 1. The Labute approximate surface area is 136 Å². The number of carbonyl (C=O) groups is 1. The molecule has 0 saturated carbocycles. The normalized spacial score (nSPS) is 18.4. The van der Waals surface area contributed by atoms with Gasteiger partial charge in [-0.05, 0) is 30.7 Å². The number of aliphatic hydroxyl groups is 1.